The van der Waals surface area contributed by atoms with E-state index < -0.39 is 11.5 Å². The molecule has 0 atom stereocenters. The molecule has 1 aromatic heterocycles. The highest BCUT2D eigenvalue weighted by atomic mass is 16.4. The van der Waals surface area contributed by atoms with E-state index in [0.29, 0.717) is 18.8 Å². The molecule has 2 fully saturated rings. The molecule has 0 spiro atoms. The number of aromatic nitrogens is 3. The fraction of sp³-hybridized carbons (Fsp3) is 0.769. The van der Waals surface area contributed by atoms with Gasteiger partial charge in [0.05, 0.1) is 0 Å². The molecule has 2 aliphatic carbocycles. The first-order valence-electron chi connectivity index (χ1n) is 6.81. The lowest BCUT2D eigenvalue weighted by atomic mass is 9.88. The van der Waals surface area contributed by atoms with E-state index in [1.807, 2.05) is 11.5 Å². The molecule has 0 aliphatic heterocycles. The molecule has 1 N–H and O–H groups in total. The monoisotopic (exact) mass is 249 g/mol. The summed E-state index contributed by atoms with van der Waals surface area (Å²) in [4.78, 5) is 11.5. The zero-order chi connectivity index (χ0) is 12.8. The molecule has 0 bridgehead atoms. The number of carboxylic acid groups (broad SMARTS) is 1. The van der Waals surface area contributed by atoms with E-state index in [0.717, 1.165) is 24.5 Å². The second-order valence-corrected chi connectivity index (χ2v) is 5.61. The number of aryl methyl sites for hydroxylation is 1. The van der Waals surface area contributed by atoms with Crippen molar-refractivity contribution >= 4 is 5.97 Å². The van der Waals surface area contributed by atoms with Crippen molar-refractivity contribution in [1.29, 1.82) is 0 Å². The Balaban J connectivity index is 1.99. The molecular formula is C13H19N3O2. The molecule has 0 amide bonds. The Morgan fingerprint density at radius 3 is 2.50 bits per heavy atom. The minimum absolute atomic E-state index is 0.400. The van der Waals surface area contributed by atoms with Crippen molar-refractivity contribution in [2.45, 2.75) is 63.3 Å². The highest BCUT2D eigenvalue weighted by molar-refractivity contribution is 5.80. The molecule has 0 saturated heterocycles. The van der Waals surface area contributed by atoms with Gasteiger partial charge in [-0.05, 0) is 32.6 Å². The van der Waals surface area contributed by atoms with Crippen LogP contribution >= 0.6 is 0 Å². The Morgan fingerprint density at radius 1 is 1.28 bits per heavy atom. The maximum atomic E-state index is 11.5. The summed E-state index contributed by atoms with van der Waals surface area (Å²) in [6, 6.07) is 0. The molecule has 2 saturated carbocycles. The fourth-order valence-electron chi connectivity index (χ4n) is 3.18. The Bertz CT molecular complexity index is 471. The number of nitrogens with zero attached hydrogens (tertiary/aromatic N) is 3. The van der Waals surface area contributed by atoms with Crippen molar-refractivity contribution in [3.63, 3.8) is 0 Å². The molecule has 0 aromatic carbocycles. The number of rotatable bonds is 3. The maximum absolute atomic E-state index is 11.5. The Morgan fingerprint density at radius 2 is 1.94 bits per heavy atom. The number of carbonyl (C=O) groups is 1. The predicted octanol–water partition coefficient (Wildman–Crippen LogP) is 2.21. The van der Waals surface area contributed by atoms with Gasteiger partial charge in [0.25, 0.3) is 0 Å². The van der Waals surface area contributed by atoms with Crippen LogP contribution in [-0.2, 0) is 10.3 Å². The van der Waals surface area contributed by atoms with Crippen molar-refractivity contribution in [1.82, 2.24) is 14.8 Å². The predicted molar refractivity (Wildman–Crippen MR) is 65.4 cm³/mol. The molecule has 0 radical (unpaired) electrons. The molecule has 18 heavy (non-hydrogen) atoms. The summed E-state index contributed by atoms with van der Waals surface area (Å²) in [5.41, 5.74) is -0.736. The third kappa shape index (κ3) is 1.64. The molecule has 98 valence electrons. The lowest BCUT2D eigenvalue weighted by Crippen LogP contribution is -2.31. The van der Waals surface area contributed by atoms with Crippen LogP contribution in [0, 0.1) is 6.92 Å². The second kappa shape index (κ2) is 4.07. The van der Waals surface area contributed by atoms with Gasteiger partial charge in [-0.15, -0.1) is 10.2 Å². The van der Waals surface area contributed by atoms with E-state index in [-0.39, 0.29) is 0 Å². The van der Waals surface area contributed by atoms with E-state index in [1.165, 1.54) is 19.3 Å². The minimum atomic E-state index is -0.736. The maximum Gasteiger partial charge on any atom is 0.329 e. The van der Waals surface area contributed by atoms with Crippen molar-refractivity contribution in [3.8, 4) is 0 Å². The third-order valence-corrected chi connectivity index (χ3v) is 4.37. The molecule has 5 heteroatoms. The van der Waals surface area contributed by atoms with Gasteiger partial charge < -0.3 is 5.11 Å². The standard InChI is InChI=1S/C13H19N3O2/c1-9-14-15-11(10-5-3-2-4-6-10)16(9)13(7-8-13)12(17)18/h10H,2-8H2,1H3,(H,17,18). The van der Waals surface area contributed by atoms with Crippen LogP contribution in [0.2, 0.25) is 0 Å². The summed E-state index contributed by atoms with van der Waals surface area (Å²) in [6.07, 6.45) is 7.38. The largest absolute Gasteiger partial charge is 0.479 e. The van der Waals surface area contributed by atoms with Crippen molar-refractivity contribution in [2.75, 3.05) is 0 Å². The zero-order valence-electron chi connectivity index (χ0n) is 10.7. The summed E-state index contributed by atoms with van der Waals surface area (Å²) in [7, 11) is 0. The summed E-state index contributed by atoms with van der Waals surface area (Å²) < 4.78 is 1.91. The van der Waals surface area contributed by atoms with Gasteiger partial charge in [0.1, 0.15) is 17.2 Å². The van der Waals surface area contributed by atoms with E-state index in [1.54, 1.807) is 0 Å². The summed E-state index contributed by atoms with van der Waals surface area (Å²) in [5, 5.41) is 17.9. The first kappa shape index (κ1) is 11.7. The third-order valence-electron chi connectivity index (χ3n) is 4.37. The first-order valence-corrected chi connectivity index (χ1v) is 6.81. The van der Waals surface area contributed by atoms with E-state index >= 15 is 0 Å². The topological polar surface area (TPSA) is 68.0 Å². The van der Waals surface area contributed by atoms with E-state index in [2.05, 4.69) is 10.2 Å². The van der Waals surface area contributed by atoms with Gasteiger partial charge in [0.15, 0.2) is 0 Å². The van der Waals surface area contributed by atoms with Crippen LogP contribution in [0.15, 0.2) is 0 Å². The average molecular weight is 249 g/mol. The molecule has 5 nitrogen and oxygen atoms in total. The van der Waals surface area contributed by atoms with Crippen LogP contribution in [0.25, 0.3) is 0 Å². The summed E-state index contributed by atoms with van der Waals surface area (Å²) >= 11 is 0. The van der Waals surface area contributed by atoms with E-state index in [9.17, 15) is 9.90 Å². The van der Waals surface area contributed by atoms with Crippen LogP contribution < -0.4 is 0 Å². The lowest BCUT2D eigenvalue weighted by Gasteiger charge is -2.24. The van der Waals surface area contributed by atoms with Crippen LogP contribution in [0.4, 0.5) is 0 Å². The minimum Gasteiger partial charge on any atom is -0.479 e. The SMILES string of the molecule is Cc1nnc(C2CCCCC2)n1C1(C(=O)O)CC1. The van der Waals surface area contributed by atoms with Gasteiger partial charge >= 0.3 is 5.97 Å². The van der Waals surface area contributed by atoms with Gasteiger partial charge in [0, 0.05) is 5.92 Å². The molecule has 3 rings (SSSR count). The van der Waals surface area contributed by atoms with Gasteiger partial charge in [-0.2, -0.15) is 0 Å². The molecule has 1 aromatic rings. The van der Waals surface area contributed by atoms with Crippen LogP contribution in [-0.4, -0.2) is 25.8 Å². The first-order chi connectivity index (χ1) is 8.65. The molecule has 1 heterocycles. The normalized spacial score (nSPS) is 22.9. The Labute approximate surface area is 106 Å². The number of carboxylic acids is 1. The van der Waals surface area contributed by atoms with Gasteiger partial charge in [-0.1, -0.05) is 19.3 Å². The van der Waals surface area contributed by atoms with E-state index in [4.69, 9.17) is 0 Å². The summed E-state index contributed by atoms with van der Waals surface area (Å²) in [6.45, 7) is 1.86. The van der Waals surface area contributed by atoms with Gasteiger partial charge in [0.2, 0.25) is 0 Å². The molecule has 2 aliphatic rings. The average Bonchev–Trinajstić information content (AvgIpc) is 3.09. The highest BCUT2D eigenvalue weighted by Gasteiger charge is 2.54. The van der Waals surface area contributed by atoms with Crippen molar-refractivity contribution in [3.05, 3.63) is 11.6 Å². The van der Waals surface area contributed by atoms with Crippen molar-refractivity contribution < 1.29 is 9.90 Å². The second-order valence-electron chi connectivity index (χ2n) is 5.61. The quantitative estimate of drug-likeness (QED) is 0.891. The van der Waals surface area contributed by atoms with Gasteiger partial charge in [-0.25, -0.2) is 4.79 Å². The molecule has 0 unspecified atom stereocenters. The molecular weight excluding hydrogens is 230 g/mol. The zero-order valence-corrected chi connectivity index (χ0v) is 10.7. The van der Waals surface area contributed by atoms with Gasteiger partial charge in [-0.3, -0.25) is 4.57 Å². The number of hydrogen-bond acceptors (Lipinski definition) is 3. The van der Waals surface area contributed by atoms with Crippen LogP contribution in [0.5, 0.6) is 0 Å². The van der Waals surface area contributed by atoms with Crippen LogP contribution in [0.1, 0.15) is 62.5 Å². The number of aliphatic carboxylic acids is 1. The number of hydrogen-bond donors (Lipinski definition) is 1. The lowest BCUT2D eigenvalue weighted by molar-refractivity contribution is -0.142. The Hall–Kier alpha value is -1.39. The summed E-state index contributed by atoms with van der Waals surface area (Å²) in [5.74, 6) is 1.32. The fourth-order valence-corrected chi connectivity index (χ4v) is 3.18. The smallest absolute Gasteiger partial charge is 0.329 e. The van der Waals surface area contributed by atoms with Crippen molar-refractivity contribution in [2.24, 2.45) is 0 Å². The Kier molecular flexibility index (Phi) is 2.64. The highest BCUT2D eigenvalue weighted by Crippen LogP contribution is 2.47. The van der Waals surface area contributed by atoms with Crippen LogP contribution in [0.3, 0.4) is 0 Å².